The fraction of sp³-hybridized carbons (Fsp3) is 0.500. The summed E-state index contributed by atoms with van der Waals surface area (Å²) >= 11 is 5.73. The Bertz CT molecular complexity index is 1330. The van der Waals surface area contributed by atoms with Gasteiger partial charge in [0.15, 0.2) is 0 Å². The number of hydrogen-bond acceptors (Lipinski definition) is 5. The standard InChI is InChI=1S/C28H35ClF3N3O5S/c1-4-25(27(37)33-20-10-6-5-7-11-20)34(17-19-9-8-12-22(15-19)40-2)26(36)18-35(41(3,38)39)21-13-14-24(29)23(16-21)28(30,31)32/h8-9,12-16,20,25H,4-7,10-11,17-18H2,1-3H3,(H,33,37). The Hall–Kier alpha value is -2.99. The van der Waals surface area contributed by atoms with Crippen LogP contribution in [-0.4, -0.2) is 57.1 Å². The van der Waals surface area contributed by atoms with Gasteiger partial charge in [0.25, 0.3) is 0 Å². The average molecular weight is 618 g/mol. The van der Waals surface area contributed by atoms with E-state index in [1.165, 1.54) is 12.0 Å². The molecule has 2 amide bonds. The van der Waals surface area contributed by atoms with Gasteiger partial charge in [0.2, 0.25) is 21.8 Å². The van der Waals surface area contributed by atoms with Gasteiger partial charge in [0.05, 0.1) is 29.6 Å². The number of ether oxygens (including phenoxy) is 1. The Labute approximate surface area is 243 Å². The number of rotatable bonds is 11. The van der Waals surface area contributed by atoms with Crippen LogP contribution < -0.4 is 14.4 Å². The molecule has 226 valence electrons. The molecule has 1 saturated carbocycles. The van der Waals surface area contributed by atoms with E-state index in [0.29, 0.717) is 21.7 Å². The third-order valence-corrected chi connectivity index (χ3v) is 8.52. The summed E-state index contributed by atoms with van der Waals surface area (Å²) in [6, 6.07) is 8.51. The smallest absolute Gasteiger partial charge is 0.417 e. The van der Waals surface area contributed by atoms with E-state index in [1.54, 1.807) is 31.2 Å². The van der Waals surface area contributed by atoms with Crippen LogP contribution in [0.2, 0.25) is 5.02 Å². The van der Waals surface area contributed by atoms with Crippen LogP contribution in [0.4, 0.5) is 18.9 Å². The fourth-order valence-corrected chi connectivity index (χ4v) is 6.00. The van der Waals surface area contributed by atoms with Gasteiger partial charge in [-0.15, -0.1) is 0 Å². The summed E-state index contributed by atoms with van der Waals surface area (Å²) in [5.41, 5.74) is -0.985. The van der Waals surface area contributed by atoms with Gasteiger partial charge in [0.1, 0.15) is 18.3 Å². The lowest BCUT2D eigenvalue weighted by molar-refractivity contribution is -0.140. The van der Waals surface area contributed by atoms with Crippen molar-refractivity contribution in [2.45, 2.75) is 70.3 Å². The third kappa shape index (κ3) is 8.75. The summed E-state index contributed by atoms with van der Waals surface area (Å²) in [4.78, 5) is 28.6. The fourth-order valence-electron chi connectivity index (χ4n) is 4.93. The zero-order chi connectivity index (χ0) is 30.4. The minimum Gasteiger partial charge on any atom is -0.497 e. The lowest BCUT2D eigenvalue weighted by atomic mass is 9.95. The van der Waals surface area contributed by atoms with Crippen LogP contribution in [0.25, 0.3) is 0 Å². The number of sulfonamides is 1. The SMILES string of the molecule is CCC(C(=O)NC1CCCCC1)N(Cc1cccc(OC)c1)C(=O)CN(c1ccc(Cl)c(C(F)(F)F)c1)S(C)(=O)=O. The number of anilines is 1. The maximum Gasteiger partial charge on any atom is 0.417 e. The van der Waals surface area contributed by atoms with Gasteiger partial charge in [-0.25, -0.2) is 8.42 Å². The molecule has 13 heteroatoms. The van der Waals surface area contributed by atoms with Crippen molar-refractivity contribution in [3.8, 4) is 5.75 Å². The molecule has 8 nitrogen and oxygen atoms in total. The van der Waals surface area contributed by atoms with Crippen LogP contribution >= 0.6 is 11.6 Å². The molecule has 0 radical (unpaired) electrons. The number of nitrogens with one attached hydrogen (secondary N) is 1. The van der Waals surface area contributed by atoms with Gasteiger partial charge in [-0.05, 0) is 55.2 Å². The number of nitrogens with zero attached hydrogens (tertiary/aromatic N) is 2. The van der Waals surface area contributed by atoms with Crippen LogP contribution in [0.3, 0.4) is 0 Å². The number of methoxy groups -OCH3 is 1. The zero-order valence-electron chi connectivity index (χ0n) is 23.2. The molecule has 0 spiro atoms. The van der Waals surface area contributed by atoms with Gasteiger partial charge in [-0.3, -0.25) is 13.9 Å². The van der Waals surface area contributed by atoms with E-state index in [0.717, 1.165) is 50.5 Å². The quantitative estimate of drug-likeness (QED) is 0.365. The van der Waals surface area contributed by atoms with Crippen molar-refractivity contribution in [1.82, 2.24) is 10.2 Å². The number of benzene rings is 2. The first kappa shape index (κ1) is 32.5. The van der Waals surface area contributed by atoms with Crippen molar-refractivity contribution >= 4 is 39.1 Å². The summed E-state index contributed by atoms with van der Waals surface area (Å²) in [7, 11) is -2.74. The second kappa shape index (κ2) is 13.8. The molecule has 1 atom stereocenters. The maximum absolute atomic E-state index is 13.8. The zero-order valence-corrected chi connectivity index (χ0v) is 24.8. The first-order chi connectivity index (χ1) is 19.2. The Kier molecular flexibility index (Phi) is 10.9. The molecule has 1 N–H and O–H groups in total. The van der Waals surface area contributed by atoms with Crippen LogP contribution in [-0.2, 0) is 32.3 Å². The summed E-state index contributed by atoms with van der Waals surface area (Å²) in [5.74, 6) is -0.604. The highest BCUT2D eigenvalue weighted by Crippen LogP contribution is 2.37. The predicted octanol–water partition coefficient (Wildman–Crippen LogP) is 5.39. The van der Waals surface area contributed by atoms with Crippen molar-refractivity contribution in [2.75, 3.05) is 24.2 Å². The molecule has 1 unspecified atom stereocenters. The van der Waals surface area contributed by atoms with E-state index < -0.39 is 45.3 Å². The van der Waals surface area contributed by atoms with Crippen molar-refractivity contribution in [3.63, 3.8) is 0 Å². The molecule has 1 aliphatic rings. The van der Waals surface area contributed by atoms with Gasteiger partial charge in [0, 0.05) is 12.6 Å². The number of alkyl halides is 3. The van der Waals surface area contributed by atoms with Gasteiger partial charge in [-0.1, -0.05) is 49.9 Å². The second-order valence-corrected chi connectivity index (χ2v) is 12.4. The third-order valence-electron chi connectivity index (χ3n) is 7.05. The molecule has 1 fully saturated rings. The molecule has 0 heterocycles. The summed E-state index contributed by atoms with van der Waals surface area (Å²) < 4.78 is 72.0. The summed E-state index contributed by atoms with van der Waals surface area (Å²) in [5, 5.41) is 2.42. The average Bonchev–Trinajstić information content (AvgIpc) is 2.91. The lowest BCUT2D eigenvalue weighted by Gasteiger charge is -2.34. The molecular weight excluding hydrogens is 583 g/mol. The van der Waals surface area contributed by atoms with E-state index in [-0.39, 0.29) is 30.6 Å². The molecule has 3 rings (SSSR count). The normalized spacial score (nSPS) is 15.2. The van der Waals surface area contributed by atoms with E-state index in [1.807, 2.05) is 0 Å². The van der Waals surface area contributed by atoms with Crippen LogP contribution in [0.1, 0.15) is 56.6 Å². The van der Waals surface area contributed by atoms with Gasteiger partial charge in [-0.2, -0.15) is 13.2 Å². The Balaban J connectivity index is 1.98. The molecule has 2 aromatic rings. The van der Waals surface area contributed by atoms with E-state index >= 15 is 0 Å². The predicted molar refractivity (Wildman–Crippen MR) is 151 cm³/mol. The molecule has 1 aliphatic carbocycles. The number of carbonyl (C=O) groups excluding carboxylic acids is 2. The van der Waals surface area contributed by atoms with E-state index in [2.05, 4.69) is 5.32 Å². The van der Waals surface area contributed by atoms with E-state index in [4.69, 9.17) is 16.3 Å². The van der Waals surface area contributed by atoms with Crippen molar-refractivity contribution in [3.05, 3.63) is 58.6 Å². The van der Waals surface area contributed by atoms with Crippen LogP contribution in [0.15, 0.2) is 42.5 Å². The van der Waals surface area contributed by atoms with Gasteiger partial charge >= 0.3 is 6.18 Å². The highest BCUT2D eigenvalue weighted by atomic mass is 35.5. The minimum atomic E-state index is -4.84. The lowest BCUT2D eigenvalue weighted by Crippen LogP contribution is -2.54. The van der Waals surface area contributed by atoms with Crippen molar-refractivity contribution in [1.29, 1.82) is 0 Å². The Morgan fingerprint density at radius 1 is 1.12 bits per heavy atom. The highest BCUT2D eigenvalue weighted by molar-refractivity contribution is 7.92. The Morgan fingerprint density at radius 3 is 2.39 bits per heavy atom. The highest BCUT2D eigenvalue weighted by Gasteiger charge is 2.36. The molecule has 2 aromatic carbocycles. The maximum atomic E-state index is 13.8. The summed E-state index contributed by atoms with van der Waals surface area (Å²) in [6.45, 7) is 0.855. The Morgan fingerprint density at radius 2 is 1.80 bits per heavy atom. The number of hydrogen-bond donors (Lipinski definition) is 1. The first-order valence-corrected chi connectivity index (χ1v) is 15.5. The van der Waals surface area contributed by atoms with Crippen LogP contribution in [0.5, 0.6) is 5.75 Å². The van der Waals surface area contributed by atoms with Crippen molar-refractivity contribution in [2.24, 2.45) is 0 Å². The number of amides is 2. The molecule has 41 heavy (non-hydrogen) atoms. The largest absolute Gasteiger partial charge is 0.497 e. The first-order valence-electron chi connectivity index (χ1n) is 13.3. The van der Waals surface area contributed by atoms with Crippen molar-refractivity contribution < 1.29 is 35.9 Å². The molecular formula is C28H35ClF3N3O5S. The van der Waals surface area contributed by atoms with Crippen LogP contribution in [0, 0.1) is 0 Å². The molecule has 0 bridgehead atoms. The summed E-state index contributed by atoms with van der Waals surface area (Å²) in [6.07, 6.45) is 0.887. The second-order valence-electron chi connectivity index (χ2n) is 10.1. The molecule has 0 saturated heterocycles. The molecule has 0 aliphatic heterocycles. The van der Waals surface area contributed by atoms with E-state index in [9.17, 15) is 31.2 Å². The molecule has 0 aromatic heterocycles. The topological polar surface area (TPSA) is 96.0 Å². The number of halogens is 4. The monoisotopic (exact) mass is 617 g/mol. The minimum absolute atomic E-state index is 0.0264. The number of carbonyl (C=O) groups is 2. The van der Waals surface area contributed by atoms with Gasteiger partial charge < -0.3 is 15.0 Å².